The van der Waals surface area contributed by atoms with E-state index in [1.165, 1.54) is 0 Å². The molecular formula is C14H15Cl2NO4. The maximum absolute atomic E-state index is 11.8. The number of rotatable bonds is 6. The molecule has 0 aliphatic heterocycles. The summed E-state index contributed by atoms with van der Waals surface area (Å²) in [7, 11) is 0. The highest BCUT2D eigenvalue weighted by atomic mass is 35.5. The Balaban J connectivity index is 1.79. The number of ether oxygens (including phenoxy) is 1. The lowest BCUT2D eigenvalue weighted by atomic mass is 9.76. The number of halogens is 2. The molecule has 1 aliphatic rings. The van der Waals surface area contributed by atoms with E-state index in [9.17, 15) is 9.59 Å². The first-order valence-corrected chi connectivity index (χ1v) is 7.31. The number of nitrogens with one attached hydrogen (secondary N) is 1. The Morgan fingerprint density at radius 1 is 1.29 bits per heavy atom. The highest BCUT2D eigenvalue weighted by molar-refractivity contribution is 6.42. The van der Waals surface area contributed by atoms with Crippen molar-refractivity contribution in [1.29, 1.82) is 0 Å². The fourth-order valence-corrected chi connectivity index (χ4v) is 2.37. The van der Waals surface area contributed by atoms with Gasteiger partial charge in [-0.1, -0.05) is 23.2 Å². The van der Waals surface area contributed by atoms with Gasteiger partial charge in [-0.15, -0.1) is 0 Å². The molecule has 1 saturated carbocycles. The van der Waals surface area contributed by atoms with Gasteiger partial charge >= 0.3 is 5.97 Å². The molecule has 0 saturated heterocycles. The molecule has 0 radical (unpaired) electrons. The van der Waals surface area contributed by atoms with Crippen LogP contribution in [-0.2, 0) is 9.59 Å². The molecule has 1 aromatic rings. The molecule has 0 spiro atoms. The van der Waals surface area contributed by atoms with E-state index in [4.69, 9.17) is 33.0 Å². The fraction of sp³-hybridized carbons (Fsp3) is 0.429. The van der Waals surface area contributed by atoms with E-state index in [2.05, 4.69) is 5.32 Å². The third-order valence-corrected chi connectivity index (χ3v) is 4.22. The first-order valence-electron chi connectivity index (χ1n) is 6.55. The Bertz CT molecular complexity index is 558. The predicted molar refractivity (Wildman–Crippen MR) is 78.9 cm³/mol. The monoisotopic (exact) mass is 331 g/mol. The van der Waals surface area contributed by atoms with Crippen LogP contribution in [0, 0.1) is 0 Å². The van der Waals surface area contributed by atoms with Gasteiger partial charge in [0.15, 0.2) is 0 Å². The summed E-state index contributed by atoms with van der Waals surface area (Å²) in [6.45, 7) is 0.138. The maximum Gasteiger partial charge on any atom is 0.329 e. The minimum atomic E-state index is -1.08. The Morgan fingerprint density at radius 3 is 2.52 bits per heavy atom. The van der Waals surface area contributed by atoms with E-state index in [0.29, 0.717) is 28.6 Å². The molecule has 0 unspecified atom stereocenters. The molecule has 2 rings (SSSR count). The van der Waals surface area contributed by atoms with Gasteiger partial charge in [0, 0.05) is 6.07 Å². The van der Waals surface area contributed by atoms with Crippen LogP contribution in [0.15, 0.2) is 18.2 Å². The number of hydrogen-bond acceptors (Lipinski definition) is 3. The number of carbonyl (C=O) groups excluding carboxylic acids is 1. The Hall–Kier alpha value is -1.46. The summed E-state index contributed by atoms with van der Waals surface area (Å²) in [5.74, 6) is -0.807. The summed E-state index contributed by atoms with van der Waals surface area (Å²) in [5, 5.41) is 12.5. The van der Waals surface area contributed by atoms with Gasteiger partial charge in [-0.3, -0.25) is 4.79 Å². The normalized spacial score (nSPS) is 15.9. The summed E-state index contributed by atoms with van der Waals surface area (Å²) >= 11 is 11.6. The molecule has 7 heteroatoms. The van der Waals surface area contributed by atoms with Crippen molar-refractivity contribution >= 4 is 35.1 Å². The van der Waals surface area contributed by atoms with E-state index in [0.717, 1.165) is 6.42 Å². The first kappa shape index (κ1) is 15.9. The lowest BCUT2D eigenvalue weighted by Gasteiger charge is -2.38. The third-order valence-electron chi connectivity index (χ3n) is 3.48. The van der Waals surface area contributed by atoms with E-state index >= 15 is 0 Å². The van der Waals surface area contributed by atoms with Crippen molar-refractivity contribution in [3.8, 4) is 5.75 Å². The van der Waals surface area contributed by atoms with Crippen molar-refractivity contribution in [3.05, 3.63) is 28.2 Å². The predicted octanol–water partition coefficient (Wildman–Crippen LogP) is 2.89. The average Bonchev–Trinajstić information content (AvgIpc) is 2.37. The van der Waals surface area contributed by atoms with Gasteiger partial charge in [-0.25, -0.2) is 4.79 Å². The molecule has 1 aromatic carbocycles. The molecule has 0 heterocycles. The number of hydrogen-bond donors (Lipinski definition) is 2. The zero-order chi connectivity index (χ0) is 15.5. The van der Waals surface area contributed by atoms with Gasteiger partial charge in [0.25, 0.3) is 0 Å². The van der Waals surface area contributed by atoms with E-state index in [1.807, 2.05) is 0 Å². The number of carboxylic acid groups (broad SMARTS) is 1. The molecule has 1 aliphatic carbocycles. The van der Waals surface area contributed by atoms with Gasteiger partial charge < -0.3 is 15.2 Å². The Labute approximate surface area is 132 Å². The summed E-state index contributed by atoms with van der Waals surface area (Å²) in [6.07, 6.45) is 1.84. The second-order valence-electron chi connectivity index (χ2n) is 4.96. The van der Waals surface area contributed by atoms with Crippen molar-refractivity contribution in [2.24, 2.45) is 0 Å². The molecule has 2 N–H and O–H groups in total. The van der Waals surface area contributed by atoms with Crippen LogP contribution in [0.3, 0.4) is 0 Å². The van der Waals surface area contributed by atoms with Crippen LogP contribution in [0.5, 0.6) is 5.75 Å². The molecule has 21 heavy (non-hydrogen) atoms. The fourth-order valence-electron chi connectivity index (χ4n) is 2.08. The van der Waals surface area contributed by atoms with E-state index < -0.39 is 11.5 Å². The summed E-state index contributed by atoms with van der Waals surface area (Å²) < 4.78 is 5.39. The average molecular weight is 332 g/mol. The maximum atomic E-state index is 11.8. The van der Waals surface area contributed by atoms with E-state index in [-0.39, 0.29) is 18.9 Å². The Morgan fingerprint density at radius 2 is 2.00 bits per heavy atom. The minimum Gasteiger partial charge on any atom is -0.493 e. The highest BCUT2D eigenvalue weighted by Crippen LogP contribution is 2.32. The number of amides is 1. The molecular weight excluding hydrogens is 317 g/mol. The van der Waals surface area contributed by atoms with Crippen molar-refractivity contribution < 1.29 is 19.4 Å². The zero-order valence-corrected chi connectivity index (χ0v) is 12.7. The number of carbonyl (C=O) groups is 2. The number of aliphatic carboxylic acids is 1. The lowest BCUT2D eigenvalue weighted by molar-refractivity contribution is -0.151. The first-order chi connectivity index (χ1) is 9.93. The zero-order valence-electron chi connectivity index (χ0n) is 11.2. The smallest absolute Gasteiger partial charge is 0.329 e. The molecule has 114 valence electrons. The standard InChI is InChI=1S/C14H15Cl2NO4/c15-10-3-2-9(8-11(10)16)21-7-4-12(18)17-14(13(19)20)5-1-6-14/h2-3,8H,1,4-7H2,(H,17,18)(H,19,20). The molecule has 1 fully saturated rings. The van der Waals surface area contributed by atoms with Gasteiger partial charge in [-0.05, 0) is 31.4 Å². The lowest BCUT2D eigenvalue weighted by Crippen LogP contribution is -2.59. The summed E-state index contributed by atoms with van der Waals surface area (Å²) in [5.41, 5.74) is -1.08. The van der Waals surface area contributed by atoms with Crippen LogP contribution in [0.2, 0.25) is 10.0 Å². The quantitative estimate of drug-likeness (QED) is 0.840. The minimum absolute atomic E-state index is 0.0786. The third kappa shape index (κ3) is 3.80. The summed E-state index contributed by atoms with van der Waals surface area (Å²) in [6, 6.07) is 4.82. The van der Waals surface area contributed by atoms with Gasteiger partial charge in [-0.2, -0.15) is 0 Å². The molecule has 5 nitrogen and oxygen atoms in total. The molecule has 1 amide bonds. The van der Waals surface area contributed by atoms with Crippen molar-refractivity contribution in [2.75, 3.05) is 6.61 Å². The number of carboxylic acids is 1. The topological polar surface area (TPSA) is 75.6 Å². The SMILES string of the molecule is O=C(CCOc1ccc(Cl)c(Cl)c1)NC1(C(=O)O)CCC1. The van der Waals surface area contributed by atoms with Crippen LogP contribution in [0.4, 0.5) is 0 Å². The number of benzene rings is 1. The van der Waals surface area contributed by atoms with Crippen LogP contribution >= 0.6 is 23.2 Å². The van der Waals surface area contributed by atoms with Crippen molar-refractivity contribution in [2.45, 2.75) is 31.2 Å². The molecule has 0 atom stereocenters. The second kappa shape index (κ2) is 6.54. The van der Waals surface area contributed by atoms with Crippen LogP contribution < -0.4 is 10.1 Å². The highest BCUT2D eigenvalue weighted by Gasteiger charge is 2.45. The second-order valence-corrected chi connectivity index (χ2v) is 5.78. The Kier molecular flexibility index (Phi) is 4.96. The summed E-state index contributed by atoms with van der Waals surface area (Å²) in [4.78, 5) is 22.9. The molecule has 0 bridgehead atoms. The van der Waals surface area contributed by atoms with Gasteiger partial charge in [0.05, 0.1) is 23.1 Å². The largest absolute Gasteiger partial charge is 0.493 e. The molecule has 0 aromatic heterocycles. The van der Waals surface area contributed by atoms with Gasteiger partial charge in [0.2, 0.25) is 5.91 Å². The van der Waals surface area contributed by atoms with Gasteiger partial charge in [0.1, 0.15) is 11.3 Å². The van der Waals surface area contributed by atoms with E-state index in [1.54, 1.807) is 18.2 Å². The van der Waals surface area contributed by atoms with Crippen molar-refractivity contribution in [3.63, 3.8) is 0 Å². The van der Waals surface area contributed by atoms with Crippen LogP contribution in [0.1, 0.15) is 25.7 Å². The van der Waals surface area contributed by atoms with Crippen molar-refractivity contribution in [1.82, 2.24) is 5.32 Å². The van der Waals surface area contributed by atoms with Crippen LogP contribution in [-0.4, -0.2) is 29.1 Å². The van der Waals surface area contributed by atoms with Crippen LogP contribution in [0.25, 0.3) is 0 Å².